The summed E-state index contributed by atoms with van der Waals surface area (Å²) in [6.07, 6.45) is 6.86. The highest BCUT2D eigenvalue weighted by Gasteiger charge is 2.05. The van der Waals surface area contributed by atoms with Crippen LogP contribution in [-0.2, 0) is 6.42 Å². The van der Waals surface area contributed by atoms with Gasteiger partial charge in [-0.2, -0.15) is 0 Å². The first-order chi connectivity index (χ1) is 7.08. The summed E-state index contributed by atoms with van der Waals surface area (Å²) in [5.74, 6) is 0.681. The molecular weight excluding hydrogens is 252 g/mol. The summed E-state index contributed by atoms with van der Waals surface area (Å²) in [4.78, 5) is 4.14. The zero-order valence-electron chi connectivity index (χ0n) is 9.41. The zero-order valence-corrected chi connectivity index (χ0v) is 11.0. The number of nitrogens with two attached hydrogens (primary N) is 1. The largest absolute Gasteiger partial charge is 0.328 e. The molecule has 1 aromatic rings. The number of aryl methyl sites for hydroxylation is 1. The molecule has 1 aromatic heterocycles. The summed E-state index contributed by atoms with van der Waals surface area (Å²) in [5, 5.41) is 0. The predicted molar refractivity (Wildman–Crippen MR) is 67.7 cm³/mol. The van der Waals surface area contributed by atoms with Gasteiger partial charge in [0.2, 0.25) is 0 Å². The van der Waals surface area contributed by atoms with Gasteiger partial charge in [0.15, 0.2) is 0 Å². The summed E-state index contributed by atoms with van der Waals surface area (Å²) in [6.45, 7) is 4.42. The van der Waals surface area contributed by atoms with Crippen LogP contribution in [0.25, 0.3) is 0 Å². The van der Waals surface area contributed by atoms with E-state index >= 15 is 0 Å². The van der Waals surface area contributed by atoms with Crippen LogP contribution in [0.3, 0.4) is 0 Å². The highest BCUT2D eigenvalue weighted by Crippen LogP contribution is 2.13. The molecule has 1 rings (SSSR count). The Morgan fingerprint density at radius 2 is 2.13 bits per heavy atom. The maximum Gasteiger partial charge on any atom is 0.0410 e. The van der Waals surface area contributed by atoms with Crippen LogP contribution in [0.15, 0.2) is 22.9 Å². The van der Waals surface area contributed by atoms with E-state index in [0.29, 0.717) is 12.0 Å². The molecule has 0 aliphatic carbocycles. The van der Waals surface area contributed by atoms with Gasteiger partial charge in [0.1, 0.15) is 0 Å². The van der Waals surface area contributed by atoms with Gasteiger partial charge < -0.3 is 5.73 Å². The van der Waals surface area contributed by atoms with E-state index < -0.39 is 0 Å². The van der Waals surface area contributed by atoms with E-state index in [0.717, 1.165) is 23.7 Å². The van der Waals surface area contributed by atoms with E-state index in [2.05, 4.69) is 40.8 Å². The molecule has 0 saturated carbocycles. The normalized spacial score (nSPS) is 13.1. The average molecular weight is 271 g/mol. The Hall–Kier alpha value is -0.410. The second-order valence-corrected chi connectivity index (χ2v) is 5.36. The van der Waals surface area contributed by atoms with E-state index in [1.165, 1.54) is 5.56 Å². The molecule has 1 unspecified atom stereocenters. The molecule has 1 heterocycles. The minimum Gasteiger partial charge on any atom is -0.328 e. The van der Waals surface area contributed by atoms with Crippen molar-refractivity contribution in [3.63, 3.8) is 0 Å². The molecule has 2 nitrogen and oxygen atoms in total. The molecule has 0 fully saturated rings. The third kappa shape index (κ3) is 5.28. The Morgan fingerprint density at radius 3 is 2.73 bits per heavy atom. The smallest absolute Gasteiger partial charge is 0.0410 e. The first-order valence-electron chi connectivity index (χ1n) is 5.43. The van der Waals surface area contributed by atoms with E-state index in [9.17, 15) is 0 Å². The monoisotopic (exact) mass is 270 g/mol. The van der Waals surface area contributed by atoms with E-state index in [1.807, 2.05) is 6.20 Å². The van der Waals surface area contributed by atoms with Crippen LogP contribution < -0.4 is 5.73 Å². The molecule has 0 aromatic carbocycles. The van der Waals surface area contributed by atoms with Gasteiger partial charge >= 0.3 is 0 Å². The Morgan fingerprint density at radius 1 is 1.40 bits per heavy atom. The van der Waals surface area contributed by atoms with Crippen molar-refractivity contribution in [1.29, 1.82) is 0 Å². The summed E-state index contributed by atoms with van der Waals surface area (Å²) in [5.41, 5.74) is 7.28. The summed E-state index contributed by atoms with van der Waals surface area (Å²) < 4.78 is 1.04. The minimum absolute atomic E-state index is 0.309. The van der Waals surface area contributed by atoms with E-state index in [-0.39, 0.29) is 0 Å². The fraction of sp³-hybridized carbons (Fsp3) is 0.583. The van der Waals surface area contributed by atoms with Gasteiger partial charge in [0.25, 0.3) is 0 Å². The quantitative estimate of drug-likeness (QED) is 0.893. The maximum atomic E-state index is 6.03. The molecule has 0 spiro atoms. The van der Waals surface area contributed by atoms with Crippen molar-refractivity contribution in [3.05, 3.63) is 28.5 Å². The molecule has 0 bridgehead atoms. The van der Waals surface area contributed by atoms with Crippen molar-refractivity contribution in [2.75, 3.05) is 0 Å². The average Bonchev–Trinajstić information content (AvgIpc) is 2.14. The van der Waals surface area contributed by atoms with Crippen LogP contribution >= 0.6 is 15.9 Å². The van der Waals surface area contributed by atoms with Crippen LogP contribution in [0.4, 0.5) is 0 Å². The molecule has 15 heavy (non-hydrogen) atoms. The molecule has 2 N–H and O–H groups in total. The lowest BCUT2D eigenvalue weighted by atomic mass is 9.99. The van der Waals surface area contributed by atoms with Crippen molar-refractivity contribution >= 4 is 15.9 Å². The molecule has 84 valence electrons. The maximum absolute atomic E-state index is 6.03. The van der Waals surface area contributed by atoms with Gasteiger partial charge in [-0.05, 0) is 52.7 Å². The summed E-state index contributed by atoms with van der Waals surface area (Å²) in [6, 6.07) is 2.42. The summed E-state index contributed by atoms with van der Waals surface area (Å²) in [7, 11) is 0. The molecule has 0 saturated heterocycles. The Balaban J connectivity index is 2.36. The first kappa shape index (κ1) is 12.7. The predicted octanol–water partition coefficient (Wildman–Crippen LogP) is 3.15. The highest BCUT2D eigenvalue weighted by atomic mass is 79.9. The van der Waals surface area contributed by atoms with Crippen LogP contribution in [0.5, 0.6) is 0 Å². The zero-order chi connectivity index (χ0) is 11.3. The van der Waals surface area contributed by atoms with Gasteiger partial charge in [0.05, 0.1) is 0 Å². The van der Waals surface area contributed by atoms with Crippen LogP contribution in [0.2, 0.25) is 0 Å². The lowest BCUT2D eigenvalue weighted by Crippen LogP contribution is -2.22. The van der Waals surface area contributed by atoms with Gasteiger partial charge in [-0.1, -0.05) is 13.8 Å². The summed E-state index contributed by atoms with van der Waals surface area (Å²) >= 11 is 3.42. The van der Waals surface area contributed by atoms with Crippen molar-refractivity contribution in [2.45, 2.75) is 39.2 Å². The number of hydrogen-bond donors (Lipinski definition) is 1. The second kappa shape index (κ2) is 6.23. The van der Waals surface area contributed by atoms with Crippen molar-refractivity contribution in [2.24, 2.45) is 11.7 Å². The Labute approximate surface area is 100 Å². The lowest BCUT2D eigenvalue weighted by Gasteiger charge is -2.13. The number of rotatable bonds is 5. The number of halogens is 1. The SMILES string of the molecule is CC(C)CC(N)CCc1cncc(Br)c1. The highest BCUT2D eigenvalue weighted by molar-refractivity contribution is 9.10. The third-order valence-corrected chi connectivity index (χ3v) is 2.77. The molecule has 0 aliphatic heterocycles. The van der Waals surface area contributed by atoms with Crippen LogP contribution in [0.1, 0.15) is 32.3 Å². The molecule has 3 heteroatoms. The Kier molecular flexibility index (Phi) is 5.26. The number of hydrogen-bond acceptors (Lipinski definition) is 2. The lowest BCUT2D eigenvalue weighted by molar-refractivity contribution is 0.473. The number of aromatic nitrogens is 1. The Bertz CT molecular complexity index is 299. The van der Waals surface area contributed by atoms with Gasteiger partial charge in [0, 0.05) is 22.9 Å². The van der Waals surface area contributed by atoms with Crippen molar-refractivity contribution in [1.82, 2.24) is 4.98 Å². The van der Waals surface area contributed by atoms with Crippen molar-refractivity contribution < 1.29 is 0 Å². The standard InChI is InChI=1S/C12H19BrN2/c1-9(2)5-12(14)4-3-10-6-11(13)8-15-7-10/h6-9,12H,3-5,14H2,1-2H3. The molecule has 0 amide bonds. The third-order valence-electron chi connectivity index (χ3n) is 2.34. The molecule has 1 atom stereocenters. The molecular formula is C12H19BrN2. The van der Waals surface area contributed by atoms with Crippen LogP contribution in [-0.4, -0.2) is 11.0 Å². The van der Waals surface area contributed by atoms with E-state index in [4.69, 9.17) is 5.73 Å². The second-order valence-electron chi connectivity index (χ2n) is 4.44. The molecule has 0 aliphatic rings. The van der Waals surface area contributed by atoms with Crippen LogP contribution in [0, 0.1) is 5.92 Å². The van der Waals surface area contributed by atoms with Crippen molar-refractivity contribution in [3.8, 4) is 0 Å². The van der Waals surface area contributed by atoms with Gasteiger partial charge in [-0.15, -0.1) is 0 Å². The number of pyridine rings is 1. The fourth-order valence-electron chi connectivity index (χ4n) is 1.67. The van der Waals surface area contributed by atoms with Gasteiger partial charge in [-0.3, -0.25) is 4.98 Å². The van der Waals surface area contributed by atoms with Gasteiger partial charge in [-0.25, -0.2) is 0 Å². The fourth-order valence-corrected chi connectivity index (χ4v) is 2.08. The first-order valence-corrected chi connectivity index (χ1v) is 6.22. The molecule has 0 radical (unpaired) electrons. The van der Waals surface area contributed by atoms with E-state index in [1.54, 1.807) is 6.20 Å². The number of nitrogens with zero attached hydrogens (tertiary/aromatic N) is 1. The topological polar surface area (TPSA) is 38.9 Å². The minimum atomic E-state index is 0.309.